The largest absolute Gasteiger partial charge is 0.469 e. The van der Waals surface area contributed by atoms with Crippen molar-refractivity contribution >= 4 is 5.97 Å². The first kappa shape index (κ1) is 22.1. The molecule has 0 saturated heterocycles. The first-order valence-electron chi connectivity index (χ1n) is 11.0. The molecule has 0 aliphatic heterocycles. The van der Waals surface area contributed by atoms with Gasteiger partial charge in [-0.1, -0.05) is 25.5 Å². The van der Waals surface area contributed by atoms with E-state index in [9.17, 15) is 4.79 Å². The van der Waals surface area contributed by atoms with Crippen LogP contribution >= 0.6 is 0 Å². The van der Waals surface area contributed by atoms with Crippen molar-refractivity contribution in [3.63, 3.8) is 0 Å². The van der Waals surface area contributed by atoms with Gasteiger partial charge in [-0.2, -0.15) is 0 Å². The molecule has 4 atom stereocenters. The first-order valence-corrected chi connectivity index (χ1v) is 11.0. The second-order valence-electron chi connectivity index (χ2n) is 9.38. The average Bonchev–Trinajstić information content (AvgIpc) is 3.14. The first-order chi connectivity index (χ1) is 13.9. The van der Waals surface area contributed by atoms with Crippen molar-refractivity contribution in [2.45, 2.75) is 65.3 Å². The molecule has 2 aliphatic carbocycles. The molecule has 29 heavy (non-hydrogen) atoms. The molecule has 3 rings (SSSR count). The summed E-state index contributed by atoms with van der Waals surface area (Å²) in [7, 11) is 1.52. The number of fused-ring (bicyclic) bond motifs is 1. The molecule has 5 nitrogen and oxygen atoms in total. The highest BCUT2D eigenvalue weighted by Gasteiger charge is 2.57. The second-order valence-corrected chi connectivity index (χ2v) is 9.38. The number of rotatable bonds is 8. The summed E-state index contributed by atoms with van der Waals surface area (Å²) in [5.41, 5.74) is 2.24. The number of hydrogen-bond acceptors (Lipinski definition) is 5. The van der Waals surface area contributed by atoms with E-state index < -0.39 is 5.41 Å². The van der Waals surface area contributed by atoms with Crippen LogP contribution in [0.2, 0.25) is 0 Å². The maximum atomic E-state index is 12.7. The summed E-state index contributed by atoms with van der Waals surface area (Å²) in [6.45, 7) is 10.3. The van der Waals surface area contributed by atoms with Gasteiger partial charge < -0.3 is 19.6 Å². The van der Waals surface area contributed by atoms with Crippen LogP contribution in [0.15, 0.2) is 28.9 Å². The topological polar surface area (TPSA) is 71.7 Å². The Kier molecular flexibility index (Phi) is 6.90. The molecular weight excluding hydrogens is 366 g/mol. The lowest BCUT2D eigenvalue weighted by atomic mass is 9.46. The van der Waals surface area contributed by atoms with Crippen LogP contribution in [0, 0.1) is 22.7 Å². The van der Waals surface area contributed by atoms with Crippen molar-refractivity contribution < 1.29 is 19.1 Å². The van der Waals surface area contributed by atoms with Gasteiger partial charge in [0.05, 0.1) is 31.9 Å². The third-order valence-corrected chi connectivity index (χ3v) is 7.79. The van der Waals surface area contributed by atoms with E-state index in [2.05, 4.69) is 31.8 Å². The maximum Gasteiger partial charge on any atom is 0.311 e. The predicted molar refractivity (Wildman–Crippen MR) is 113 cm³/mol. The van der Waals surface area contributed by atoms with Crippen molar-refractivity contribution in [2.24, 2.45) is 22.7 Å². The van der Waals surface area contributed by atoms with Crippen molar-refractivity contribution in [3.8, 4) is 0 Å². The number of esters is 1. The monoisotopic (exact) mass is 403 g/mol. The van der Waals surface area contributed by atoms with Crippen LogP contribution in [-0.2, 0) is 22.5 Å². The van der Waals surface area contributed by atoms with Gasteiger partial charge in [0.25, 0.3) is 0 Å². The Morgan fingerprint density at radius 2 is 2.21 bits per heavy atom. The van der Waals surface area contributed by atoms with Crippen LogP contribution in [0.4, 0.5) is 0 Å². The molecule has 2 fully saturated rings. The van der Waals surface area contributed by atoms with Gasteiger partial charge in [-0.25, -0.2) is 0 Å². The van der Waals surface area contributed by atoms with Crippen LogP contribution in [0.5, 0.6) is 0 Å². The van der Waals surface area contributed by atoms with E-state index in [-0.39, 0.29) is 18.0 Å². The Balaban J connectivity index is 1.76. The minimum atomic E-state index is -0.393. The number of nitrogens with one attached hydrogen (secondary N) is 1. The number of carbonyl (C=O) groups is 1. The van der Waals surface area contributed by atoms with Gasteiger partial charge in [-0.05, 0) is 74.3 Å². The van der Waals surface area contributed by atoms with Crippen molar-refractivity contribution in [3.05, 3.63) is 35.8 Å². The molecule has 2 aliphatic rings. The smallest absolute Gasteiger partial charge is 0.311 e. The van der Waals surface area contributed by atoms with Crippen LogP contribution in [0.3, 0.4) is 0 Å². The molecule has 0 unspecified atom stereocenters. The van der Waals surface area contributed by atoms with Gasteiger partial charge in [-0.3, -0.25) is 4.79 Å². The molecule has 0 spiro atoms. The van der Waals surface area contributed by atoms with E-state index in [4.69, 9.17) is 14.3 Å². The predicted octanol–water partition coefficient (Wildman–Crippen LogP) is 4.25. The van der Waals surface area contributed by atoms with Gasteiger partial charge in [0, 0.05) is 6.54 Å². The highest BCUT2D eigenvalue weighted by molar-refractivity contribution is 5.77. The van der Waals surface area contributed by atoms with Gasteiger partial charge in [0.1, 0.15) is 5.76 Å². The zero-order valence-electron chi connectivity index (χ0n) is 18.3. The number of allylic oxidation sites excluding steroid dienone is 1. The summed E-state index contributed by atoms with van der Waals surface area (Å²) in [6, 6.07) is 2.06. The quantitative estimate of drug-likeness (QED) is 0.386. The molecular formula is C24H37NO4. The molecule has 1 aromatic heterocycles. The zero-order valence-corrected chi connectivity index (χ0v) is 18.3. The third kappa shape index (κ3) is 4.17. The molecule has 1 heterocycles. The Bertz CT molecular complexity index is 726. The minimum Gasteiger partial charge on any atom is -0.469 e. The normalized spacial score (nSPS) is 32.1. The number of furan rings is 1. The van der Waals surface area contributed by atoms with Crippen molar-refractivity contribution in [1.82, 2.24) is 5.32 Å². The Hall–Kier alpha value is -1.59. The van der Waals surface area contributed by atoms with E-state index in [0.717, 1.165) is 50.7 Å². The standard InChI is InChI=1S/C24H37NO4/c1-17-6-9-21-23(2,11-5-12-24(21,3)22(27)28-4)19(17)8-7-18-10-15-29-20(18)16-25-13-14-26/h10,15,19,21,25-26H,1,5-9,11-14,16H2,2-4H3/t19-,21+,23-,24-/m1/s1. The lowest BCUT2D eigenvalue weighted by Gasteiger charge is -2.57. The number of carbonyl (C=O) groups excluding carboxylic acids is 1. The number of aryl methyl sites for hydroxylation is 1. The number of methoxy groups -OCH3 is 1. The minimum absolute atomic E-state index is 0.0493. The molecule has 0 aromatic carbocycles. The van der Waals surface area contributed by atoms with E-state index in [0.29, 0.717) is 24.9 Å². The van der Waals surface area contributed by atoms with Gasteiger partial charge in [-0.15, -0.1) is 0 Å². The maximum absolute atomic E-state index is 12.7. The fourth-order valence-electron chi connectivity index (χ4n) is 6.29. The Morgan fingerprint density at radius 1 is 1.41 bits per heavy atom. The summed E-state index contributed by atoms with van der Waals surface area (Å²) in [6.07, 6.45) is 8.85. The van der Waals surface area contributed by atoms with Gasteiger partial charge in [0.2, 0.25) is 0 Å². The van der Waals surface area contributed by atoms with Gasteiger partial charge >= 0.3 is 5.97 Å². The zero-order chi connectivity index (χ0) is 21.1. The van der Waals surface area contributed by atoms with E-state index >= 15 is 0 Å². The highest BCUT2D eigenvalue weighted by atomic mass is 16.5. The lowest BCUT2D eigenvalue weighted by molar-refractivity contribution is -0.168. The average molecular weight is 404 g/mol. The molecule has 2 saturated carbocycles. The second kappa shape index (κ2) is 9.05. The van der Waals surface area contributed by atoms with Crippen molar-refractivity contribution in [1.29, 1.82) is 0 Å². The fraction of sp³-hybridized carbons (Fsp3) is 0.708. The van der Waals surface area contributed by atoms with Crippen LogP contribution in [0.1, 0.15) is 63.7 Å². The van der Waals surface area contributed by atoms with E-state index in [1.807, 2.05) is 0 Å². The van der Waals surface area contributed by atoms with Crippen molar-refractivity contribution in [2.75, 3.05) is 20.3 Å². The van der Waals surface area contributed by atoms with Gasteiger partial charge in [0.15, 0.2) is 0 Å². The number of hydrogen-bond donors (Lipinski definition) is 2. The molecule has 0 amide bonds. The lowest BCUT2D eigenvalue weighted by Crippen LogP contribution is -2.53. The number of ether oxygens (including phenoxy) is 1. The number of aliphatic hydroxyl groups excluding tert-OH is 1. The molecule has 2 N–H and O–H groups in total. The number of aliphatic hydroxyl groups is 1. The summed E-state index contributed by atoms with van der Waals surface area (Å²) < 4.78 is 10.9. The molecule has 1 aromatic rings. The van der Waals surface area contributed by atoms with Crippen LogP contribution in [0.25, 0.3) is 0 Å². The molecule has 0 radical (unpaired) electrons. The Labute approximate surface area is 174 Å². The van der Waals surface area contributed by atoms with Crippen LogP contribution in [-0.4, -0.2) is 31.3 Å². The summed E-state index contributed by atoms with van der Waals surface area (Å²) >= 11 is 0. The Morgan fingerprint density at radius 3 is 2.93 bits per heavy atom. The SMILES string of the molecule is C=C1CC[C@H]2[C@](C)(CCC[C@@]2(C)C(=O)OC)[C@@H]1CCc1ccoc1CNCCO. The van der Waals surface area contributed by atoms with Crippen LogP contribution < -0.4 is 5.32 Å². The molecule has 0 bridgehead atoms. The fourth-order valence-corrected chi connectivity index (χ4v) is 6.29. The third-order valence-electron chi connectivity index (χ3n) is 7.79. The van der Waals surface area contributed by atoms with E-state index in [1.54, 1.807) is 6.26 Å². The molecule has 5 heteroatoms. The summed E-state index contributed by atoms with van der Waals surface area (Å²) in [5, 5.41) is 12.2. The molecule has 162 valence electrons. The highest BCUT2D eigenvalue weighted by Crippen LogP contribution is 2.62. The van der Waals surface area contributed by atoms with E-state index in [1.165, 1.54) is 18.2 Å². The summed E-state index contributed by atoms with van der Waals surface area (Å²) in [4.78, 5) is 12.7. The summed E-state index contributed by atoms with van der Waals surface area (Å²) in [5.74, 6) is 1.64.